The minimum Gasteiger partial charge on any atom is -0.363 e. The summed E-state index contributed by atoms with van der Waals surface area (Å²) in [6.07, 6.45) is 0. The van der Waals surface area contributed by atoms with Crippen LogP contribution in [0.3, 0.4) is 0 Å². The highest BCUT2D eigenvalue weighted by Crippen LogP contribution is 2.30. The summed E-state index contributed by atoms with van der Waals surface area (Å²) in [5, 5.41) is 20.3. The van der Waals surface area contributed by atoms with E-state index in [4.69, 9.17) is 5.26 Å². The second kappa shape index (κ2) is 7.32. The van der Waals surface area contributed by atoms with Gasteiger partial charge >= 0.3 is 0 Å². The third kappa shape index (κ3) is 3.95. The van der Waals surface area contributed by atoms with E-state index in [0.717, 1.165) is 32.7 Å². The summed E-state index contributed by atoms with van der Waals surface area (Å²) >= 11 is 0. The van der Waals surface area contributed by atoms with Crippen molar-refractivity contribution in [3.05, 3.63) is 69.3 Å². The van der Waals surface area contributed by atoms with E-state index >= 15 is 0 Å². The molecule has 0 spiro atoms. The number of rotatable bonds is 4. The van der Waals surface area contributed by atoms with Crippen LogP contribution in [-0.2, 0) is 6.54 Å². The molecule has 0 radical (unpaired) electrons. The van der Waals surface area contributed by atoms with Crippen LogP contribution in [0, 0.1) is 28.4 Å². The Kier molecular flexibility index (Phi) is 4.96. The van der Waals surface area contributed by atoms with Gasteiger partial charge in [-0.25, -0.2) is 0 Å². The van der Waals surface area contributed by atoms with Crippen molar-refractivity contribution < 1.29 is 4.92 Å². The monoisotopic (exact) mass is 336 g/mol. The Bertz CT molecular complexity index is 820. The lowest BCUT2D eigenvalue weighted by Crippen LogP contribution is -2.46. The SMILES string of the molecule is Cc1cccc(CN2CCN(c3ccc(C#N)cc3[N+](=O)[O-])CC2)c1. The molecule has 3 rings (SSSR count). The average molecular weight is 336 g/mol. The van der Waals surface area contributed by atoms with E-state index in [2.05, 4.69) is 36.1 Å². The van der Waals surface area contributed by atoms with Crippen molar-refractivity contribution in [1.82, 2.24) is 4.90 Å². The van der Waals surface area contributed by atoms with E-state index < -0.39 is 4.92 Å². The third-order valence-corrected chi connectivity index (χ3v) is 4.50. The molecule has 0 bridgehead atoms. The van der Waals surface area contributed by atoms with E-state index in [-0.39, 0.29) is 5.69 Å². The van der Waals surface area contributed by atoms with Gasteiger partial charge in [0.25, 0.3) is 5.69 Å². The lowest BCUT2D eigenvalue weighted by atomic mass is 10.1. The van der Waals surface area contributed by atoms with Crippen molar-refractivity contribution in [2.75, 3.05) is 31.1 Å². The molecule has 0 atom stereocenters. The van der Waals surface area contributed by atoms with Gasteiger partial charge in [0.1, 0.15) is 5.69 Å². The number of hydrogen-bond acceptors (Lipinski definition) is 5. The molecule has 128 valence electrons. The van der Waals surface area contributed by atoms with E-state index in [1.807, 2.05) is 11.0 Å². The number of anilines is 1. The molecule has 2 aromatic rings. The zero-order valence-electron chi connectivity index (χ0n) is 14.2. The molecule has 0 saturated carbocycles. The fourth-order valence-corrected chi connectivity index (χ4v) is 3.22. The van der Waals surface area contributed by atoms with Gasteiger partial charge in [0, 0.05) is 38.8 Å². The van der Waals surface area contributed by atoms with Crippen molar-refractivity contribution in [3.63, 3.8) is 0 Å². The Balaban J connectivity index is 1.68. The van der Waals surface area contributed by atoms with E-state index in [9.17, 15) is 10.1 Å². The first-order chi connectivity index (χ1) is 12.1. The van der Waals surface area contributed by atoms with Gasteiger partial charge < -0.3 is 4.90 Å². The molecule has 1 aliphatic rings. The molecular formula is C19H20N4O2. The Morgan fingerprint density at radius 3 is 2.56 bits per heavy atom. The number of benzene rings is 2. The van der Waals surface area contributed by atoms with Gasteiger partial charge in [-0.15, -0.1) is 0 Å². The highest BCUT2D eigenvalue weighted by molar-refractivity contribution is 5.65. The van der Waals surface area contributed by atoms with Gasteiger partial charge in [-0.1, -0.05) is 29.8 Å². The maximum atomic E-state index is 11.3. The van der Waals surface area contributed by atoms with E-state index in [1.165, 1.54) is 17.2 Å². The van der Waals surface area contributed by atoms with Crippen LogP contribution in [0.4, 0.5) is 11.4 Å². The van der Waals surface area contributed by atoms with Crippen molar-refractivity contribution in [3.8, 4) is 6.07 Å². The van der Waals surface area contributed by atoms with Gasteiger partial charge in [0.15, 0.2) is 0 Å². The minimum absolute atomic E-state index is 0.00573. The maximum Gasteiger partial charge on any atom is 0.293 e. The van der Waals surface area contributed by atoms with Crippen LogP contribution in [0.5, 0.6) is 0 Å². The normalized spacial score (nSPS) is 15.0. The Labute approximate surface area is 147 Å². The molecule has 2 aromatic carbocycles. The largest absolute Gasteiger partial charge is 0.363 e. The van der Waals surface area contributed by atoms with Gasteiger partial charge in [0.05, 0.1) is 16.6 Å². The van der Waals surface area contributed by atoms with Crippen molar-refractivity contribution in [1.29, 1.82) is 5.26 Å². The summed E-state index contributed by atoms with van der Waals surface area (Å²) in [5.74, 6) is 0. The molecule has 0 unspecified atom stereocenters. The number of hydrogen-bond donors (Lipinski definition) is 0. The summed E-state index contributed by atoms with van der Waals surface area (Å²) in [5.41, 5.74) is 3.46. The second-order valence-corrected chi connectivity index (χ2v) is 6.32. The summed E-state index contributed by atoms with van der Waals surface area (Å²) in [6, 6.07) is 15.1. The fourth-order valence-electron chi connectivity index (χ4n) is 3.22. The number of piperazine rings is 1. The quantitative estimate of drug-likeness (QED) is 0.633. The summed E-state index contributed by atoms with van der Waals surface area (Å²) in [6.45, 7) is 6.16. The number of nitro groups is 1. The van der Waals surface area contributed by atoms with E-state index in [0.29, 0.717) is 11.3 Å². The summed E-state index contributed by atoms with van der Waals surface area (Å²) in [4.78, 5) is 15.3. The molecule has 0 N–H and O–H groups in total. The fraction of sp³-hybridized carbons (Fsp3) is 0.316. The smallest absolute Gasteiger partial charge is 0.293 e. The molecule has 1 fully saturated rings. The summed E-state index contributed by atoms with van der Waals surface area (Å²) in [7, 11) is 0. The lowest BCUT2D eigenvalue weighted by molar-refractivity contribution is -0.384. The molecule has 0 aromatic heterocycles. The number of aryl methyl sites for hydroxylation is 1. The van der Waals surface area contributed by atoms with Crippen LogP contribution in [0.2, 0.25) is 0 Å². The number of nitro benzene ring substituents is 1. The number of nitrogens with zero attached hydrogens (tertiary/aromatic N) is 4. The molecule has 1 saturated heterocycles. The van der Waals surface area contributed by atoms with E-state index in [1.54, 1.807) is 12.1 Å². The first-order valence-corrected chi connectivity index (χ1v) is 8.28. The predicted octanol–water partition coefficient (Wildman–Crippen LogP) is 3.10. The Morgan fingerprint density at radius 1 is 1.16 bits per heavy atom. The van der Waals surface area contributed by atoms with Gasteiger partial charge in [0.2, 0.25) is 0 Å². The molecule has 1 heterocycles. The van der Waals surface area contributed by atoms with Crippen LogP contribution < -0.4 is 4.90 Å². The minimum atomic E-state index is -0.407. The Morgan fingerprint density at radius 2 is 1.92 bits per heavy atom. The highest BCUT2D eigenvalue weighted by Gasteiger charge is 2.24. The predicted molar refractivity (Wildman–Crippen MR) is 96.5 cm³/mol. The van der Waals surface area contributed by atoms with Crippen molar-refractivity contribution in [2.24, 2.45) is 0 Å². The van der Waals surface area contributed by atoms with Crippen LogP contribution >= 0.6 is 0 Å². The van der Waals surface area contributed by atoms with Crippen molar-refractivity contribution >= 4 is 11.4 Å². The zero-order chi connectivity index (χ0) is 17.8. The zero-order valence-corrected chi connectivity index (χ0v) is 14.2. The maximum absolute atomic E-state index is 11.3. The molecule has 25 heavy (non-hydrogen) atoms. The Hall–Kier alpha value is -2.91. The molecule has 0 aliphatic carbocycles. The van der Waals surface area contributed by atoms with Gasteiger partial charge in [-0.05, 0) is 24.6 Å². The average Bonchev–Trinajstić information content (AvgIpc) is 2.62. The van der Waals surface area contributed by atoms with Crippen LogP contribution in [0.15, 0.2) is 42.5 Å². The van der Waals surface area contributed by atoms with Gasteiger partial charge in [-0.2, -0.15) is 5.26 Å². The van der Waals surface area contributed by atoms with Crippen LogP contribution in [0.25, 0.3) is 0 Å². The van der Waals surface area contributed by atoms with Crippen LogP contribution in [0.1, 0.15) is 16.7 Å². The van der Waals surface area contributed by atoms with Crippen molar-refractivity contribution in [2.45, 2.75) is 13.5 Å². The first-order valence-electron chi connectivity index (χ1n) is 8.28. The molecule has 0 amide bonds. The molecular weight excluding hydrogens is 316 g/mol. The highest BCUT2D eigenvalue weighted by atomic mass is 16.6. The topological polar surface area (TPSA) is 73.4 Å². The number of nitriles is 1. The standard InChI is InChI=1S/C19H20N4O2/c1-15-3-2-4-17(11-15)14-21-7-9-22(10-8-21)18-6-5-16(13-20)12-19(18)23(24)25/h2-6,11-12H,7-10,14H2,1H3. The first kappa shape index (κ1) is 16.9. The molecule has 6 heteroatoms. The van der Waals surface area contributed by atoms with Crippen LogP contribution in [-0.4, -0.2) is 36.0 Å². The molecule has 6 nitrogen and oxygen atoms in total. The molecule has 1 aliphatic heterocycles. The summed E-state index contributed by atoms with van der Waals surface area (Å²) < 4.78 is 0. The third-order valence-electron chi connectivity index (χ3n) is 4.50. The van der Waals surface area contributed by atoms with Gasteiger partial charge in [-0.3, -0.25) is 15.0 Å². The lowest BCUT2D eigenvalue weighted by Gasteiger charge is -2.35. The second-order valence-electron chi connectivity index (χ2n) is 6.32.